The van der Waals surface area contributed by atoms with Crippen molar-refractivity contribution in [1.29, 1.82) is 5.41 Å². The summed E-state index contributed by atoms with van der Waals surface area (Å²) in [6.07, 6.45) is 3.91. The maximum Gasteiger partial charge on any atom is 0.326 e. The van der Waals surface area contributed by atoms with E-state index in [0.717, 1.165) is 0 Å². The quantitative estimate of drug-likeness (QED) is 0.0696. The van der Waals surface area contributed by atoms with Gasteiger partial charge < -0.3 is 44.0 Å². The van der Waals surface area contributed by atoms with Crippen molar-refractivity contribution in [3.8, 4) is 0 Å². The number of nitrogens with one attached hydrogen (secondary N) is 4. The van der Waals surface area contributed by atoms with Crippen molar-refractivity contribution < 1.29 is 19.5 Å². The van der Waals surface area contributed by atoms with Gasteiger partial charge in [-0.3, -0.25) is 15.0 Å². The van der Waals surface area contributed by atoms with Gasteiger partial charge in [0.05, 0.1) is 6.04 Å². The highest BCUT2D eigenvalue weighted by atomic mass is 16.4. The summed E-state index contributed by atoms with van der Waals surface area (Å²) in [5, 5.41) is 24.2. The fourth-order valence-corrected chi connectivity index (χ4v) is 2.74. The lowest BCUT2D eigenvalue weighted by molar-refractivity contribution is -0.142. The number of carboxylic acid groups (broad SMARTS) is 1. The first kappa shape index (κ1) is 27.6. The Morgan fingerprint density at radius 2 is 1.37 bits per heavy atom. The van der Waals surface area contributed by atoms with Crippen LogP contribution in [0.4, 0.5) is 0 Å². The Labute approximate surface area is 177 Å². The minimum atomic E-state index is -1.14. The molecule has 0 radical (unpaired) electrons. The molecule has 0 saturated heterocycles. The third-order valence-corrected chi connectivity index (χ3v) is 4.49. The Morgan fingerprint density at radius 3 is 1.87 bits per heavy atom. The molecule has 2 amide bonds. The monoisotopic (exact) mass is 430 g/mol. The van der Waals surface area contributed by atoms with Crippen molar-refractivity contribution in [3.63, 3.8) is 0 Å². The van der Waals surface area contributed by atoms with Gasteiger partial charge in [-0.2, -0.15) is 0 Å². The lowest BCUT2D eigenvalue weighted by Gasteiger charge is -2.23. The van der Waals surface area contributed by atoms with E-state index in [9.17, 15) is 19.5 Å². The van der Waals surface area contributed by atoms with E-state index in [1.54, 1.807) is 0 Å². The van der Waals surface area contributed by atoms with Crippen LogP contribution in [0.25, 0.3) is 0 Å². The molecule has 12 nitrogen and oxygen atoms in total. The molecule has 0 aromatic carbocycles. The maximum absolute atomic E-state index is 12.6. The predicted octanol–water partition coefficient (Wildman–Crippen LogP) is -2.11. The van der Waals surface area contributed by atoms with Gasteiger partial charge >= 0.3 is 5.97 Å². The van der Waals surface area contributed by atoms with Crippen LogP contribution in [-0.2, 0) is 14.4 Å². The van der Waals surface area contributed by atoms with E-state index in [0.29, 0.717) is 64.6 Å². The zero-order valence-corrected chi connectivity index (χ0v) is 17.5. The van der Waals surface area contributed by atoms with E-state index >= 15 is 0 Å². The topological polar surface area (TPSA) is 235 Å². The summed E-state index contributed by atoms with van der Waals surface area (Å²) in [5.41, 5.74) is 22.0. The molecule has 0 heterocycles. The molecule has 30 heavy (non-hydrogen) atoms. The Kier molecular flexibility index (Phi) is 15.0. The van der Waals surface area contributed by atoms with E-state index in [4.69, 9.17) is 28.3 Å². The third kappa shape index (κ3) is 12.9. The van der Waals surface area contributed by atoms with Crippen LogP contribution in [0.15, 0.2) is 0 Å². The van der Waals surface area contributed by atoms with Gasteiger partial charge in [0.25, 0.3) is 0 Å². The van der Waals surface area contributed by atoms with Gasteiger partial charge in [-0.1, -0.05) is 0 Å². The summed E-state index contributed by atoms with van der Waals surface area (Å²) in [6, 6.07) is -2.80. The first-order valence-electron chi connectivity index (χ1n) is 10.3. The molecule has 3 atom stereocenters. The minimum Gasteiger partial charge on any atom is -0.480 e. The number of rotatable bonds is 17. The molecule has 174 valence electrons. The molecule has 0 aliphatic heterocycles. The first-order chi connectivity index (χ1) is 14.2. The third-order valence-electron chi connectivity index (χ3n) is 4.49. The van der Waals surface area contributed by atoms with Gasteiger partial charge in [-0.15, -0.1) is 0 Å². The highest BCUT2D eigenvalue weighted by Crippen LogP contribution is 2.06. The second-order valence-corrected chi connectivity index (χ2v) is 7.12. The van der Waals surface area contributed by atoms with E-state index < -0.39 is 35.9 Å². The molecule has 13 N–H and O–H groups in total. The van der Waals surface area contributed by atoms with E-state index in [-0.39, 0.29) is 12.4 Å². The predicted molar refractivity (Wildman–Crippen MR) is 114 cm³/mol. The number of hydrogen-bond donors (Lipinski definition) is 9. The van der Waals surface area contributed by atoms with Gasteiger partial charge in [-0.25, -0.2) is 4.79 Å². The molecular weight excluding hydrogens is 392 g/mol. The smallest absolute Gasteiger partial charge is 0.326 e. The van der Waals surface area contributed by atoms with Crippen molar-refractivity contribution >= 4 is 23.7 Å². The van der Waals surface area contributed by atoms with Crippen molar-refractivity contribution in [2.75, 3.05) is 19.6 Å². The number of unbranched alkanes of at least 4 members (excludes halogenated alkanes) is 2. The lowest BCUT2D eigenvalue weighted by atomic mass is 10.0. The standard InChI is InChI=1S/C18H38N8O4/c19-9-3-1-7-13(16(28)26-14(17(29)30)8-2-4-10-20)25-15(27)12(21)6-5-11-24-18(22)23/h12-14H,1-11,19-21H2,(H,25,27)(H,26,28)(H,29,30)(H4,22,23,24)/t12-,13-,14-/m0/s1. The number of amides is 2. The van der Waals surface area contributed by atoms with Crippen molar-refractivity contribution in [2.24, 2.45) is 22.9 Å². The van der Waals surface area contributed by atoms with Crippen molar-refractivity contribution in [2.45, 2.75) is 69.5 Å². The zero-order valence-electron chi connectivity index (χ0n) is 17.5. The number of carbonyl (C=O) groups excluding carboxylic acids is 2. The normalized spacial score (nSPS) is 13.7. The van der Waals surface area contributed by atoms with E-state index in [1.807, 2.05) is 0 Å². The van der Waals surface area contributed by atoms with Crippen molar-refractivity contribution in [1.82, 2.24) is 16.0 Å². The van der Waals surface area contributed by atoms with Gasteiger partial charge in [-0.05, 0) is 64.5 Å². The fourth-order valence-electron chi connectivity index (χ4n) is 2.74. The minimum absolute atomic E-state index is 0.163. The highest BCUT2D eigenvalue weighted by molar-refractivity contribution is 5.91. The fraction of sp³-hybridized carbons (Fsp3) is 0.778. The van der Waals surface area contributed by atoms with Gasteiger partial charge in [0.2, 0.25) is 11.8 Å². The molecule has 12 heteroatoms. The lowest BCUT2D eigenvalue weighted by Crippen LogP contribution is -2.54. The molecule has 0 unspecified atom stereocenters. The summed E-state index contributed by atoms with van der Waals surface area (Å²) in [7, 11) is 0. The molecular formula is C18H38N8O4. The molecule has 0 aromatic heterocycles. The number of hydrogen-bond acceptors (Lipinski definition) is 7. The van der Waals surface area contributed by atoms with Crippen LogP contribution in [-0.4, -0.2) is 66.6 Å². The summed E-state index contributed by atoms with van der Waals surface area (Å²) in [6.45, 7) is 1.29. The Balaban J connectivity index is 4.84. The molecule has 0 spiro atoms. The van der Waals surface area contributed by atoms with Crippen LogP contribution < -0.4 is 38.9 Å². The van der Waals surface area contributed by atoms with E-state index in [1.165, 1.54) is 0 Å². The van der Waals surface area contributed by atoms with E-state index in [2.05, 4.69) is 16.0 Å². The average Bonchev–Trinajstić information content (AvgIpc) is 2.69. The molecule has 0 rings (SSSR count). The first-order valence-corrected chi connectivity index (χ1v) is 10.3. The second kappa shape index (κ2) is 16.4. The van der Waals surface area contributed by atoms with Crippen LogP contribution in [0.1, 0.15) is 51.4 Å². The maximum atomic E-state index is 12.6. The second-order valence-electron chi connectivity index (χ2n) is 7.12. The molecule has 0 aliphatic rings. The number of nitrogens with two attached hydrogens (primary N) is 4. The van der Waals surface area contributed by atoms with Crippen molar-refractivity contribution in [3.05, 3.63) is 0 Å². The van der Waals surface area contributed by atoms with Gasteiger partial charge in [0, 0.05) is 6.54 Å². The summed E-state index contributed by atoms with van der Waals surface area (Å²) in [5.74, 6) is -2.36. The Morgan fingerprint density at radius 1 is 0.833 bits per heavy atom. The number of carboxylic acids is 1. The molecule has 0 bridgehead atoms. The highest BCUT2D eigenvalue weighted by Gasteiger charge is 2.27. The Hall–Kier alpha value is -2.44. The zero-order chi connectivity index (χ0) is 22.9. The Bertz CT molecular complexity index is 546. The summed E-state index contributed by atoms with van der Waals surface area (Å²) < 4.78 is 0. The molecule has 0 aromatic rings. The number of carbonyl (C=O) groups is 3. The number of aliphatic carboxylic acids is 1. The molecule has 0 saturated carbocycles. The average molecular weight is 431 g/mol. The number of guanidine groups is 1. The van der Waals surface area contributed by atoms with Crippen LogP contribution in [0, 0.1) is 5.41 Å². The van der Waals surface area contributed by atoms with Crippen LogP contribution in [0.3, 0.4) is 0 Å². The summed E-state index contributed by atoms with van der Waals surface area (Å²) in [4.78, 5) is 36.5. The largest absolute Gasteiger partial charge is 0.480 e. The van der Waals surface area contributed by atoms with Gasteiger partial charge in [0.1, 0.15) is 12.1 Å². The van der Waals surface area contributed by atoms with Crippen LogP contribution in [0.2, 0.25) is 0 Å². The van der Waals surface area contributed by atoms with Crippen LogP contribution in [0.5, 0.6) is 0 Å². The van der Waals surface area contributed by atoms with Gasteiger partial charge in [0.15, 0.2) is 5.96 Å². The SMILES string of the molecule is N=C(N)NCCC[C@H](N)C(=O)N[C@@H](CCCCN)C(=O)N[C@@H](CCCCN)C(=O)O. The molecule has 0 fully saturated rings. The molecule has 0 aliphatic carbocycles. The van der Waals surface area contributed by atoms with Crippen LogP contribution >= 0.6 is 0 Å². The summed E-state index contributed by atoms with van der Waals surface area (Å²) >= 11 is 0.